The number of carboxylic acids is 1. The largest absolute Gasteiger partial charge is 0.478 e. The van der Waals surface area contributed by atoms with E-state index in [9.17, 15) is 4.79 Å². The van der Waals surface area contributed by atoms with E-state index in [1.165, 1.54) is 37.9 Å². The van der Waals surface area contributed by atoms with Gasteiger partial charge in [-0.1, -0.05) is 12.8 Å². The van der Waals surface area contributed by atoms with E-state index in [1.807, 2.05) is 0 Å². The van der Waals surface area contributed by atoms with Crippen LogP contribution in [0.2, 0.25) is 0 Å². The van der Waals surface area contributed by atoms with Crippen LogP contribution in [0.4, 0.5) is 0 Å². The van der Waals surface area contributed by atoms with Gasteiger partial charge in [-0.25, -0.2) is 9.78 Å². The molecule has 2 heterocycles. The normalized spacial score (nSPS) is 16.0. The third-order valence-electron chi connectivity index (χ3n) is 3.34. The minimum Gasteiger partial charge on any atom is -0.478 e. The van der Waals surface area contributed by atoms with E-state index in [4.69, 9.17) is 9.84 Å². The van der Waals surface area contributed by atoms with E-state index in [0.717, 1.165) is 19.6 Å². The van der Waals surface area contributed by atoms with Gasteiger partial charge >= 0.3 is 5.97 Å². The summed E-state index contributed by atoms with van der Waals surface area (Å²) in [5.74, 6) is -0.483. The molecule has 20 heavy (non-hydrogen) atoms. The van der Waals surface area contributed by atoms with Crippen LogP contribution in [0.3, 0.4) is 0 Å². The molecule has 2 rings (SSSR count). The van der Waals surface area contributed by atoms with Gasteiger partial charge in [-0.05, 0) is 32.0 Å². The smallest absolute Gasteiger partial charge is 0.337 e. The number of hydrogen-bond donors (Lipinski definition) is 1. The van der Waals surface area contributed by atoms with Crippen LogP contribution in [0.25, 0.3) is 0 Å². The van der Waals surface area contributed by atoms with E-state index >= 15 is 0 Å². The first-order valence-corrected chi connectivity index (χ1v) is 6.80. The van der Waals surface area contributed by atoms with Crippen LogP contribution in [0.1, 0.15) is 36.0 Å². The highest BCUT2D eigenvalue weighted by Gasteiger charge is 2.09. The van der Waals surface area contributed by atoms with Crippen LogP contribution in [0.5, 0.6) is 5.88 Å². The molecule has 112 valence electrons. The second-order valence-electron chi connectivity index (χ2n) is 4.79. The molecule has 6 heteroatoms. The molecule has 0 amide bonds. The fourth-order valence-electron chi connectivity index (χ4n) is 2.23. The molecule has 0 radical (unpaired) electrons. The van der Waals surface area contributed by atoms with Gasteiger partial charge in [0.15, 0.2) is 0 Å². The van der Waals surface area contributed by atoms with Crippen molar-refractivity contribution < 1.29 is 14.6 Å². The number of hydrogen-bond acceptors (Lipinski definition) is 4. The Morgan fingerprint density at radius 2 is 1.95 bits per heavy atom. The molecule has 0 aliphatic carbocycles. The molecule has 0 spiro atoms. The maximum atomic E-state index is 10.7. The lowest BCUT2D eigenvalue weighted by Gasteiger charge is -2.19. The molecular weight excluding hydrogens is 280 g/mol. The van der Waals surface area contributed by atoms with Gasteiger partial charge in [0.2, 0.25) is 5.88 Å². The molecule has 1 saturated heterocycles. The lowest BCUT2D eigenvalue weighted by Crippen LogP contribution is -2.29. The van der Waals surface area contributed by atoms with Crippen molar-refractivity contribution in [2.24, 2.45) is 0 Å². The molecule has 1 N–H and O–H groups in total. The highest BCUT2D eigenvalue weighted by atomic mass is 35.5. The standard InChI is InChI=1S/C14H20N2O3.ClH/c17-14(18)12-5-6-13(15-11-12)19-10-9-16-7-3-1-2-4-8-16;/h5-6,11H,1-4,7-10H2,(H,17,18);1H. The van der Waals surface area contributed by atoms with Gasteiger partial charge in [-0.3, -0.25) is 4.90 Å². The number of likely N-dealkylation sites (tertiary alicyclic amines) is 1. The topological polar surface area (TPSA) is 62.7 Å². The average Bonchev–Trinajstić information content (AvgIpc) is 2.68. The Balaban J connectivity index is 0.00000200. The van der Waals surface area contributed by atoms with Crippen molar-refractivity contribution in [3.63, 3.8) is 0 Å². The van der Waals surface area contributed by atoms with Crippen molar-refractivity contribution in [1.82, 2.24) is 9.88 Å². The first-order valence-electron chi connectivity index (χ1n) is 6.80. The molecule has 1 aromatic heterocycles. The van der Waals surface area contributed by atoms with E-state index in [-0.39, 0.29) is 18.0 Å². The van der Waals surface area contributed by atoms with E-state index in [0.29, 0.717) is 12.5 Å². The maximum Gasteiger partial charge on any atom is 0.337 e. The van der Waals surface area contributed by atoms with Gasteiger partial charge in [-0.2, -0.15) is 0 Å². The van der Waals surface area contributed by atoms with Crippen molar-refractivity contribution in [3.8, 4) is 5.88 Å². The summed E-state index contributed by atoms with van der Waals surface area (Å²) in [6.45, 7) is 3.80. The second kappa shape index (κ2) is 8.76. The van der Waals surface area contributed by atoms with Crippen LogP contribution in [-0.4, -0.2) is 47.2 Å². The Morgan fingerprint density at radius 3 is 2.50 bits per heavy atom. The van der Waals surface area contributed by atoms with Crippen LogP contribution >= 0.6 is 12.4 Å². The van der Waals surface area contributed by atoms with Crippen LogP contribution < -0.4 is 4.74 Å². The Morgan fingerprint density at radius 1 is 1.25 bits per heavy atom. The third-order valence-corrected chi connectivity index (χ3v) is 3.34. The lowest BCUT2D eigenvalue weighted by atomic mass is 10.2. The first kappa shape index (κ1) is 16.7. The molecule has 5 nitrogen and oxygen atoms in total. The Bertz CT molecular complexity index is 403. The highest BCUT2D eigenvalue weighted by molar-refractivity contribution is 5.87. The van der Waals surface area contributed by atoms with Crippen LogP contribution in [-0.2, 0) is 0 Å². The molecule has 0 aromatic carbocycles. The summed E-state index contributed by atoms with van der Waals surface area (Å²) < 4.78 is 5.54. The van der Waals surface area contributed by atoms with Crippen molar-refractivity contribution >= 4 is 18.4 Å². The number of carbonyl (C=O) groups is 1. The third kappa shape index (κ3) is 5.35. The van der Waals surface area contributed by atoms with Crippen LogP contribution in [0, 0.1) is 0 Å². The Labute approximate surface area is 125 Å². The summed E-state index contributed by atoms with van der Waals surface area (Å²) in [4.78, 5) is 17.1. The Hall–Kier alpha value is -1.33. The number of aromatic nitrogens is 1. The fourth-order valence-corrected chi connectivity index (χ4v) is 2.23. The zero-order valence-electron chi connectivity index (χ0n) is 11.5. The van der Waals surface area contributed by atoms with Gasteiger partial charge in [0.1, 0.15) is 6.61 Å². The fraction of sp³-hybridized carbons (Fsp3) is 0.571. The summed E-state index contributed by atoms with van der Waals surface area (Å²) in [6.07, 6.45) is 6.52. The van der Waals surface area contributed by atoms with E-state index in [1.54, 1.807) is 6.07 Å². The summed E-state index contributed by atoms with van der Waals surface area (Å²) in [5, 5.41) is 8.76. The quantitative estimate of drug-likeness (QED) is 0.905. The highest BCUT2D eigenvalue weighted by Crippen LogP contribution is 2.10. The monoisotopic (exact) mass is 300 g/mol. The number of rotatable bonds is 5. The van der Waals surface area contributed by atoms with Crippen molar-refractivity contribution in [2.45, 2.75) is 25.7 Å². The SMILES string of the molecule is Cl.O=C(O)c1ccc(OCCN2CCCCCC2)nc1. The molecule has 1 aromatic rings. The second-order valence-corrected chi connectivity index (χ2v) is 4.79. The van der Waals surface area contributed by atoms with Crippen molar-refractivity contribution in [2.75, 3.05) is 26.2 Å². The van der Waals surface area contributed by atoms with Crippen molar-refractivity contribution in [3.05, 3.63) is 23.9 Å². The number of aromatic carboxylic acids is 1. The number of ether oxygens (including phenoxy) is 1. The Kier molecular flexibility index (Phi) is 7.33. The molecule has 0 atom stereocenters. The summed E-state index contributed by atoms with van der Waals surface area (Å²) in [5.41, 5.74) is 0.180. The predicted molar refractivity (Wildman–Crippen MR) is 78.8 cm³/mol. The van der Waals surface area contributed by atoms with Crippen LogP contribution in [0.15, 0.2) is 18.3 Å². The number of carboxylic acid groups (broad SMARTS) is 1. The summed E-state index contributed by atoms with van der Waals surface area (Å²) in [7, 11) is 0. The number of halogens is 1. The average molecular weight is 301 g/mol. The molecular formula is C14H21ClN2O3. The molecule has 1 fully saturated rings. The van der Waals surface area contributed by atoms with E-state index < -0.39 is 5.97 Å². The van der Waals surface area contributed by atoms with Gasteiger partial charge in [0.05, 0.1) is 5.56 Å². The van der Waals surface area contributed by atoms with Gasteiger partial charge in [0, 0.05) is 18.8 Å². The minimum absolute atomic E-state index is 0. The van der Waals surface area contributed by atoms with Gasteiger partial charge in [-0.15, -0.1) is 12.4 Å². The molecule has 1 aliphatic rings. The first-order chi connectivity index (χ1) is 9.25. The lowest BCUT2D eigenvalue weighted by molar-refractivity contribution is 0.0696. The predicted octanol–water partition coefficient (Wildman–Crippen LogP) is 2.46. The van der Waals surface area contributed by atoms with Crippen molar-refractivity contribution in [1.29, 1.82) is 0 Å². The van der Waals surface area contributed by atoms with Gasteiger partial charge < -0.3 is 9.84 Å². The minimum atomic E-state index is -0.969. The summed E-state index contributed by atoms with van der Waals surface area (Å²) in [6, 6.07) is 3.11. The van der Waals surface area contributed by atoms with E-state index in [2.05, 4.69) is 9.88 Å². The zero-order valence-corrected chi connectivity index (χ0v) is 12.3. The molecule has 1 aliphatic heterocycles. The molecule has 0 unspecified atom stereocenters. The number of pyridine rings is 1. The maximum absolute atomic E-state index is 10.7. The number of nitrogens with zero attached hydrogens (tertiary/aromatic N) is 2. The molecule has 0 saturated carbocycles. The zero-order chi connectivity index (χ0) is 13.5. The molecule has 0 bridgehead atoms. The van der Waals surface area contributed by atoms with Gasteiger partial charge in [0.25, 0.3) is 0 Å². The summed E-state index contributed by atoms with van der Waals surface area (Å²) >= 11 is 0.